The molecule has 0 bridgehead atoms. The van der Waals surface area contributed by atoms with Crippen molar-refractivity contribution < 1.29 is 9.13 Å². The van der Waals surface area contributed by atoms with Crippen molar-refractivity contribution in [2.24, 2.45) is 5.73 Å². The molecule has 1 aliphatic rings. The van der Waals surface area contributed by atoms with E-state index in [1.165, 1.54) is 6.07 Å². The lowest BCUT2D eigenvalue weighted by atomic mass is 9.96. The van der Waals surface area contributed by atoms with Gasteiger partial charge in [0, 0.05) is 24.5 Å². The number of hydrogen-bond acceptors (Lipinski definition) is 3. The molecule has 116 valence electrons. The molecule has 1 heterocycles. The van der Waals surface area contributed by atoms with Crippen molar-refractivity contribution in [3.05, 3.63) is 65.8 Å². The number of ether oxygens (including phenoxy) is 1. The second-order valence-corrected chi connectivity index (χ2v) is 5.42. The van der Waals surface area contributed by atoms with Gasteiger partial charge in [0.05, 0.1) is 5.56 Å². The predicted octanol–water partition coefficient (Wildman–Crippen LogP) is 3.80. The maximum Gasteiger partial charge on any atom is 0.165 e. The summed E-state index contributed by atoms with van der Waals surface area (Å²) in [5, 5.41) is 0. The van der Waals surface area contributed by atoms with Crippen LogP contribution in [0.3, 0.4) is 0 Å². The summed E-state index contributed by atoms with van der Waals surface area (Å²) in [6.45, 7) is 0. The molecule has 23 heavy (non-hydrogen) atoms. The highest BCUT2D eigenvalue weighted by molar-refractivity contribution is 5.49. The molecular weight excluding hydrogens is 291 g/mol. The Morgan fingerprint density at radius 3 is 2.83 bits per heavy atom. The number of hydrogen-bond donors (Lipinski definition) is 1. The third-order valence-electron chi connectivity index (χ3n) is 3.65. The first-order valence-electron chi connectivity index (χ1n) is 7.55. The average molecular weight is 308 g/mol. The number of nitrogens with two attached hydrogens (primary N) is 1. The Labute approximate surface area is 135 Å². The van der Waals surface area contributed by atoms with Gasteiger partial charge in [-0.15, -0.1) is 0 Å². The smallest absolute Gasteiger partial charge is 0.165 e. The third kappa shape index (κ3) is 3.97. The maximum absolute atomic E-state index is 13.7. The number of para-hydroxylation sites is 1. The topological polar surface area (TPSA) is 48.1 Å². The Morgan fingerprint density at radius 1 is 1.17 bits per heavy atom. The summed E-state index contributed by atoms with van der Waals surface area (Å²) in [6, 6.07) is 8.20. The van der Waals surface area contributed by atoms with Crippen molar-refractivity contribution in [1.82, 2.24) is 4.98 Å². The van der Waals surface area contributed by atoms with Crippen LogP contribution in [-0.4, -0.2) is 11.0 Å². The number of benzene rings is 1. The van der Waals surface area contributed by atoms with Gasteiger partial charge in [-0.1, -0.05) is 30.0 Å². The van der Waals surface area contributed by atoms with Crippen molar-refractivity contribution >= 4 is 0 Å². The lowest BCUT2D eigenvalue weighted by Crippen LogP contribution is -2.21. The summed E-state index contributed by atoms with van der Waals surface area (Å²) in [7, 11) is 0. The summed E-state index contributed by atoms with van der Waals surface area (Å²) in [4.78, 5) is 4.07. The Morgan fingerprint density at radius 2 is 2.04 bits per heavy atom. The number of allylic oxidation sites excluding steroid dienone is 1. The molecule has 0 saturated heterocycles. The Hall–Kier alpha value is -2.64. The molecule has 0 radical (unpaired) electrons. The molecule has 0 aliphatic heterocycles. The van der Waals surface area contributed by atoms with Crippen LogP contribution in [-0.2, 0) is 0 Å². The zero-order valence-corrected chi connectivity index (χ0v) is 12.6. The first-order valence-corrected chi connectivity index (χ1v) is 7.55. The van der Waals surface area contributed by atoms with Crippen molar-refractivity contribution in [2.75, 3.05) is 0 Å². The van der Waals surface area contributed by atoms with E-state index >= 15 is 0 Å². The summed E-state index contributed by atoms with van der Waals surface area (Å²) >= 11 is 0. The van der Waals surface area contributed by atoms with Crippen molar-refractivity contribution in [2.45, 2.75) is 25.3 Å². The minimum absolute atomic E-state index is 0.171. The number of aromatic nitrogens is 1. The molecule has 3 nitrogen and oxygen atoms in total. The first-order chi connectivity index (χ1) is 11.2. The molecule has 1 atom stereocenters. The molecule has 1 aliphatic carbocycles. The molecule has 2 aromatic rings. The van der Waals surface area contributed by atoms with E-state index in [9.17, 15) is 4.39 Å². The summed E-state index contributed by atoms with van der Waals surface area (Å²) < 4.78 is 19.4. The van der Waals surface area contributed by atoms with E-state index in [1.54, 1.807) is 36.7 Å². The van der Waals surface area contributed by atoms with Crippen LogP contribution in [0.5, 0.6) is 11.5 Å². The predicted molar refractivity (Wildman–Crippen MR) is 87.5 cm³/mol. The van der Waals surface area contributed by atoms with Crippen LogP contribution >= 0.6 is 0 Å². The highest BCUT2D eigenvalue weighted by Gasteiger charge is 2.09. The number of nitrogens with zero attached hydrogens (tertiary/aromatic N) is 1. The van der Waals surface area contributed by atoms with Gasteiger partial charge in [0.25, 0.3) is 0 Å². The second-order valence-electron chi connectivity index (χ2n) is 5.42. The van der Waals surface area contributed by atoms with Gasteiger partial charge in [-0.05, 0) is 37.0 Å². The Balaban J connectivity index is 1.83. The van der Waals surface area contributed by atoms with Crippen LogP contribution in [0.4, 0.5) is 4.39 Å². The molecule has 3 rings (SSSR count). The minimum atomic E-state index is -0.410. The van der Waals surface area contributed by atoms with E-state index in [0.717, 1.165) is 24.8 Å². The molecule has 4 heteroatoms. The molecular formula is C19H17FN2O. The molecule has 2 N–H and O–H groups in total. The quantitative estimate of drug-likeness (QED) is 0.858. The van der Waals surface area contributed by atoms with Gasteiger partial charge >= 0.3 is 0 Å². The Bertz CT molecular complexity index is 789. The van der Waals surface area contributed by atoms with Gasteiger partial charge in [0.15, 0.2) is 11.6 Å². The van der Waals surface area contributed by atoms with E-state index < -0.39 is 5.82 Å². The third-order valence-corrected chi connectivity index (χ3v) is 3.65. The number of halogens is 1. The molecule has 1 unspecified atom stereocenters. The molecule has 1 aromatic heterocycles. The standard InChI is InChI=1S/C19H17FN2O/c20-17-3-1-2-4-19(17)23-18-11-12-22-13-15(18)8-5-14-6-9-16(21)10-7-14/h1-4,6,11-13,16H,7,9-10,21H2. The SMILES string of the molecule is NC1CC=C(C#Cc2cnccc2Oc2ccccc2F)CC1. The van der Waals surface area contributed by atoms with Crippen LogP contribution in [0.2, 0.25) is 0 Å². The van der Waals surface area contributed by atoms with E-state index in [4.69, 9.17) is 10.5 Å². The van der Waals surface area contributed by atoms with E-state index in [2.05, 4.69) is 22.9 Å². The molecule has 0 fully saturated rings. The van der Waals surface area contributed by atoms with E-state index in [1.807, 2.05) is 0 Å². The van der Waals surface area contributed by atoms with Crippen LogP contribution in [0, 0.1) is 17.7 Å². The number of pyridine rings is 1. The maximum atomic E-state index is 13.7. The van der Waals surface area contributed by atoms with Crippen molar-refractivity contribution in [1.29, 1.82) is 0 Å². The van der Waals surface area contributed by atoms with E-state index in [-0.39, 0.29) is 11.8 Å². The lowest BCUT2D eigenvalue weighted by Gasteiger charge is -2.14. The fraction of sp³-hybridized carbons (Fsp3) is 0.211. The normalized spacial score (nSPS) is 17.0. The van der Waals surface area contributed by atoms with Crippen LogP contribution < -0.4 is 10.5 Å². The second kappa shape index (κ2) is 7.08. The van der Waals surface area contributed by atoms with Crippen molar-refractivity contribution in [3.8, 4) is 23.3 Å². The fourth-order valence-corrected chi connectivity index (χ4v) is 2.33. The minimum Gasteiger partial charge on any atom is -0.453 e. The van der Waals surface area contributed by atoms with Crippen LogP contribution in [0.15, 0.2) is 54.4 Å². The Kier molecular flexibility index (Phi) is 4.70. The van der Waals surface area contributed by atoms with Gasteiger partial charge in [-0.2, -0.15) is 0 Å². The van der Waals surface area contributed by atoms with Gasteiger partial charge in [-0.25, -0.2) is 4.39 Å². The lowest BCUT2D eigenvalue weighted by molar-refractivity contribution is 0.440. The highest BCUT2D eigenvalue weighted by Crippen LogP contribution is 2.26. The number of rotatable bonds is 2. The zero-order valence-electron chi connectivity index (χ0n) is 12.6. The molecule has 0 amide bonds. The first kappa shape index (κ1) is 15.3. The van der Waals surface area contributed by atoms with Gasteiger partial charge in [0.2, 0.25) is 0 Å². The monoisotopic (exact) mass is 308 g/mol. The van der Waals surface area contributed by atoms with E-state index in [0.29, 0.717) is 11.3 Å². The van der Waals surface area contributed by atoms with Crippen LogP contribution in [0.1, 0.15) is 24.8 Å². The molecule has 1 aromatic carbocycles. The van der Waals surface area contributed by atoms with Gasteiger partial charge in [-0.3, -0.25) is 4.98 Å². The highest BCUT2D eigenvalue weighted by atomic mass is 19.1. The zero-order chi connectivity index (χ0) is 16.1. The average Bonchev–Trinajstić information content (AvgIpc) is 2.57. The van der Waals surface area contributed by atoms with Crippen LogP contribution in [0.25, 0.3) is 0 Å². The van der Waals surface area contributed by atoms with Gasteiger partial charge in [0.1, 0.15) is 5.75 Å². The molecule has 0 spiro atoms. The summed E-state index contributed by atoms with van der Waals surface area (Å²) in [5.74, 6) is 6.46. The van der Waals surface area contributed by atoms with Gasteiger partial charge < -0.3 is 10.5 Å². The summed E-state index contributed by atoms with van der Waals surface area (Å²) in [6.07, 6.45) is 7.99. The summed E-state index contributed by atoms with van der Waals surface area (Å²) in [5.41, 5.74) is 7.58. The van der Waals surface area contributed by atoms with Crippen molar-refractivity contribution in [3.63, 3.8) is 0 Å². The fourth-order valence-electron chi connectivity index (χ4n) is 2.33. The largest absolute Gasteiger partial charge is 0.453 e. The molecule has 0 saturated carbocycles.